The van der Waals surface area contributed by atoms with E-state index in [1.807, 2.05) is 6.07 Å². The second-order valence-corrected chi connectivity index (χ2v) is 9.95. The summed E-state index contributed by atoms with van der Waals surface area (Å²) < 4.78 is 5.33. The van der Waals surface area contributed by atoms with E-state index in [9.17, 15) is 19.2 Å². The highest BCUT2D eigenvalue weighted by Crippen LogP contribution is 2.46. The van der Waals surface area contributed by atoms with Crippen molar-refractivity contribution in [3.8, 4) is 5.75 Å². The third-order valence-electron chi connectivity index (χ3n) is 6.30. The molecule has 1 aliphatic heterocycles. The van der Waals surface area contributed by atoms with E-state index in [4.69, 9.17) is 4.74 Å². The van der Waals surface area contributed by atoms with E-state index in [1.54, 1.807) is 36.4 Å². The molecule has 2 fully saturated rings. The first-order valence-corrected chi connectivity index (χ1v) is 11.1. The van der Waals surface area contributed by atoms with Crippen LogP contribution in [-0.4, -0.2) is 40.7 Å². The first-order valence-electron chi connectivity index (χ1n) is 11.1. The van der Waals surface area contributed by atoms with Crippen LogP contribution in [0.4, 0.5) is 4.79 Å². The van der Waals surface area contributed by atoms with Crippen molar-refractivity contribution < 1.29 is 23.9 Å². The smallest absolute Gasteiger partial charge is 0.331 e. The summed E-state index contributed by atoms with van der Waals surface area (Å²) in [6.45, 7) is 5.79. The van der Waals surface area contributed by atoms with Gasteiger partial charge in [-0.1, -0.05) is 51.1 Å². The first-order chi connectivity index (χ1) is 15.6. The highest BCUT2D eigenvalue weighted by molar-refractivity contribution is 6.09. The fourth-order valence-electron chi connectivity index (χ4n) is 5.37. The van der Waals surface area contributed by atoms with E-state index in [-0.39, 0.29) is 28.8 Å². The Morgan fingerprint density at radius 1 is 1.00 bits per heavy atom. The van der Waals surface area contributed by atoms with Crippen LogP contribution in [0.1, 0.15) is 56.0 Å². The number of ketones is 1. The molecule has 1 spiro atoms. The van der Waals surface area contributed by atoms with Gasteiger partial charge in [0.2, 0.25) is 0 Å². The second kappa shape index (κ2) is 8.46. The summed E-state index contributed by atoms with van der Waals surface area (Å²) in [7, 11) is 0. The van der Waals surface area contributed by atoms with Crippen LogP contribution in [0.25, 0.3) is 0 Å². The van der Waals surface area contributed by atoms with E-state index in [2.05, 4.69) is 26.1 Å². The maximum absolute atomic E-state index is 13.2. The Labute approximate surface area is 193 Å². The minimum absolute atomic E-state index is 0.0872. The van der Waals surface area contributed by atoms with Gasteiger partial charge in [0.1, 0.15) is 17.8 Å². The number of hydrogen-bond acceptors (Lipinski definition) is 5. The Balaban J connectivity index is 1.40. The Morgan fingerprint density at radius 2 is 1.64 bits per heavy atom. The number of nitrogens with one attached hydrogen (secondary N) is 1. The maximum atomic E-state index is 13.2. The van der Waals surface area contributed by atoms with Crippen LogP contribution >= 0.6 is 0 Å². The van der Waals surface area contributed by atoms with Crippen molar-refractivity contribution in [3.63, 3.8) is 0 Å². The van der Waals surface area contributed by atoms with Gasteiger partial charge < -0.3 is 10.1 Å². The van der Waals surface area contributed by atoms with Gasteiger partial charge in [-0.3, -0.25) is 14.5 Å². The van der Waals surface area contributed by atoms with E-state index in [0.717, 1.165) is 11.3 Å². The van der Waals surface area contributed by atoms with Crippen LogP contribution in [0.15, 0.2) is 54.6 Å². The van der Waals surface area contributed by atoms with Crippen molar-refractivity contribution in [2.45, 2.75) is 45.6 Å². The highest BCUT2D eigenvalue weighted by Gasteiger charge is 2.56. The third-order valence-corrected chi connectivity index (χ3v) is 6.30. The molecule has 4 rings (SSSR count). The Morgan fingerprint density at radius 3 is 2.27 bits per heavy atom. The number of imide groups is 1. The largest absolute Gasteiger partial charge is 0.425 e. The molecule has 2 aliphatic rings. The maximum Gasteiger partial charge on any atom is 0.331 e. The molecular formula is C26H28N2O5. The minimum Gasteiger partial charge on any atom is -0.425 e. The van der Waals surface area contributed by atoms with Crippen molar-refractivity contribution >= 4 is 23.7 Å². The van der Waals surface area contributed by atoms with Crippen molar-refractivity contribution in [1.82, 2.24) is 10.2 Å². The van der Waals surface area contributed by atoms with Crippen LogP contribution in [0, 0.1) is 11.3 Å². The third kappa shape index (κ3) is 4.67. The number of urea groups is 1. The van der Waals surface area contributed by atoms with Crippen LogP contribution in [0.5, 0.6) is 5.75 Å². The van der Waals surface area contributed by atoms with Gasteiger partial charge in [0.15, 0.2) is 5.78 Å². The average molecular weight is 449 g/mol. The van der Waals surface area contributed by atoms with Crippen LogP contribution < -0.4 is 10.1 Å². The van der Waals surface area contributed by atoms with Crippen molar-refractivity contribution in [2.75, 3.05) is 6.54 Å². The molecular weight excluding hydrogens is 420 g/mol. The number of ether oxygens (including phenoxy) is 1. The zero-order valence-corrected chi connectivity index (χ0v) is 19.1. The van der Waals surface area contributed by atoms with E-state index in [0.29, 0.717) is 24.0 Å². The molecule has 1 aliphatic carbocycles. The molecule has 7 nitrogen and oxygen atoms in total. The summed E-state index contributed by atoms with van der Waals surface area (Å²) in [5.74, 6) is -0.711. The van der Waals surface area contributed by atoms with E-state index < -0.39 is 24.1 Å². The molecule has 0 aromatic heterocycles. The molecule has 33 heavy (non-hydrogen) atoms. The zero-order valence-electron chi connectivity index (χ0n) is 19.1. The van der Waals surface area contributed by atoms with Gasteiger partial charge in [0, 0.05) is 11.1 Å². The van der Waals surface area contributed by atoms with Gasteiger partial charge in [-0.25, -0.2) is 9.59 Å². The predicted molar refractivity (Wildman–Crippen MR) is 122 cm³/mol. The quantitative estimate of drug-likeness (QED) is 0.323. The zero-order chi connectivity index (χ0) is 23.8. The van der Waals surface area contributed by atoms with Gasteiger partial charge in [-0.05, 0) is 54.9 Å². The highest BCUT2D eigenvalue weighted by atomic mass is 16.5. The summed E-state index contributed by atoms with van der Waals surface area (Å²) in [5, 5.41) is 2.85. The van der Waals surface area contributed by atoms with Crippen LogP contribution in [0.3, 0.4) is 0 Å². The lowest BCUT2D eigenvalue weighted by Gasteiger charge is -2.43. The van der Waals surface area contributed by atoms with E-state index >= 15 is 0 Å². The molecule has 0 radical (unpaired) electrons. The summed E-state index contributed by atoms with van der Waals surface area (Å²) in [4.78, 5) is 51.7. The molecule has 1 saturated heterocycles. The predicted octanol–water partition coefficient (Wildman–Crippen LogP) is 3.96. The molecule has 2 unspecified atom stereocenters. The molecule has 172 valence electrons. The van der Waals surface area contributed by atoms with E-state index in [1.165, 1.54) is 12.1 Å². The first kappa shape index (κ1) is 22.7. The van der Waals surface area contributed by atoms with Crippen molar-refractivity contribution in [2.24, 2.45) is 11.3 Å². The molecule has 2 aromatic carbocycles. The Bertz CT molecular complexity index is 1090. The topological polar surface area (TPSA) is 92.8 Å². The molecule has 2 atom stereocenters. The number of hydrogen-bond donors (Lipinski definition) is 1. The summed E-state index contributed by atoms with van der Waals surface area (Å²) in [6, 6.07) is 14.5. The molecule has 3 amide bonds. The number of nitrogens with zero attached hydrogens (tertiary/aromatic N) is 1. The lowest BCUT2D eigenvalue weighted by Crippen LogP contribution is -2.54. The summed E-state index contributed by atoms with van der Waals surface area (Å²) >= 11 is 0. The number of esters is 1. The SMILES string of the molecule is CC1CC(C)(C)CC2(C1)NC(=O)N(CC(=O)Oc1ccc(C(=O)c3ccccc3)cc1)C2=O. The minimum atomic E-state index is -0.960. The Kier molecular flexibility index (Phi) is 5.82. The van der Waals surface area contributed by atoms with Gasteiger partial charge in [-0.15, -0.1) is 0 Å². The number of benzene rings is 2. The standard InChI is InChI=1S/C26H28N2O5/c1-17-13-25(2,3)16-26(14-17)23(31)28(24(32)27-26)15-21(29)33-20-11-9-19(10-12-20)22(30)18-7-5-4-6-8-18/h4-12,17H,13-16H2,1-3H3,(H,27,32). The molecule has 1 heterocycles. The average Bonchev–Trinajstić information content (AvgIpc) is 2.96. The number of carbonyl (C=O) groups excluding carboxylic acids is 4. The van der Waals surface area contributed by atoms with Crippen molar-refractivity contribution in [1.29, 1.82) is 0 Å². The lowest BCUT2D eigenvalue weighted by molar-refractivity contribution is -0.142. The second-order valence-electron chi connectivity index (χ2n) is 9.95. The molecule has 2 aromatic rings. The fourth-order valence-corrected chi connectivity index (χ4v) is 5.37. The Hall–Kier alpha value is -3.48. The number of rotatable bonds is 5. The number of carbonyl (C=O) groups is 4. The normalized spacial score (nSPS) is 24.0. The van der Waals surface area contributed by atoms with Crippen LogP contribution in [-0.2, 0) is 9.59 Å². The van der Waals surface area contributed by atoms with Crippen molar-refractivity contribution in [3.05, 3.63) is 65.7 Å². The van der Waals surface area contributed by atoms with Gasteiger partial charge in [0.05, 0.1) is 0 Å². The van der Waals surface area contributed by atoms with Gasteiger partial charge in [0.25, 0.3) is 5.91 Å². The lowest BCUT2D eigenvalue weighted by atomic mass is 9.64. The molecule has 1 N–H and O–H groups in total. The summed E-state index contributed by atoms with van der Waals surface area (Å²) in [5.41, 5.74) is -0.0189. The van der Waals surface area contributed by atoms with Gasteiger partial charge >= 0.3 is 12.0 Å². The molecule has 1 saturated carbocycles. The summed E-state index contributed by atoms with van der Waals surface area (Å²) in [6.07, 6.45) is 2.07. The number of amides is 3. The monoisotopic (exact) mass is 448 g/mol. The van der Waals surface area contributed by atoms with Crippen LogP contribution in [0.2, 0.25) is 0 Å². The molecule has 7 heteroatoms. The van der Waals surface area contributed by atoms with Gasteiger partial charge in [-0.2, -0.15) is 0 Å². The fraction of sp³-hybridized carbons (Fsp3) is 0.385. The molecule has 0 bridgehead atoms.